The first-order chi connectivity index (χ1) is 15.0. The van der Waals surface area contributed by atoms with Gasteiger partial charge >= 0.3 is 0 Å². The molecule has 0 bridgehead atoms. The molecule has 2 atom stereocenters. The first-order valence-electron chi connectivity index (χ1n) is 10.4. The smallest absolute Gasteiger partial charge is 0.248 e. The van der Waals surface area contributed by atoms with E-state index >= 15 is 0 Å². The number of anilines is 1. The van der Waals surface area contributed by atoms with Crippen LogP contribution in [0.1, 0.15) is 56.5 Å². The lowest BCUT2D eigenvalue weighted by atomic mass is 9.83. The van der Waals surface area contributed by atoms with Crippen LogP contribution in [-0.2, 0) is 17.3 Å². The second-order valence-electron chi connectivity index (χ2n) is 9.21. The maximum absolute atomic E-state index is 14.0. The molecule has 0 aliphatic heterocycles. The fraction of sp³-hybridized carbons (Fsp3) is 0.524. The van der Waals surface area contributed by atoms with Crippen molar-refractivity contribution in [2.24, 2.45) is 13.0 Å². The summed E-state index contributed by atoms with van der Waals surface area (Å²) in [5, 5.41) is 24.2. The summed E-state index contributed by atoms with van der Waals surface area (Å²) >= 11 is 1.30. The van der Waals surface area contributed by atoms with Gasteiger partial charge in [0.15, 0.2) is 0 Å². The standard InChI is InChI=1S/C21H25F2N7OS/c1-20(2,3)18-26-27-19(32-18)24-17(31)15(14-9-10-21(22,23)11-14)12-5-7-13(8-6-12)16-25-29-30(4)28-16/h5-8,14-15H,9-11H2,1-4H3,(H,24,27,31)/t14-,15+/m0/s1. The van der Waals surface area contributed by atoms with Crippen molar-refractivity contribution in [3.8, 4) is 11.4 Å². The van der Waals surface area contributed by atoms with E-state index in [4.69, 9.17) is 0 Å². The molecule has 8 nitrogen and oxygen atoms in total. The van der Waals surface area contributed by atoms with Gasteiger partial charge < -0.3 is 0 Å². The molecule has 4 rings (SSSR count). The highest BCUT2D eigenvalue weighted by Gasteiger charge is 2.45. The monoisotopic (exact) mass is 461 g/mol. The molecule has 2 heterocycles. The van der Waals surface area contributed by atoms with E-state index in [9.17, 15) is 13.6 Å². The number of amides is 1. The normalized spacial score (nSPS) is 19.1. The molecule has 0 spiro atoms. The largest absolute Gasteiger partial charge is 0.300 e. The van der Waals surface area contributed by atoms with Crippen LogP contribution in [0, 0.1) is 5.92 Å². The minimum atomic E-state index is -2.76. The lowest BCUT2D eigenvalue weighted by Crippen LogP contribution is -2.27. The van der Waals surface area contributed by atoms with Crippen LogP contribution in [0.3, 0.4) is 0 Å². The van der Waals surface area contributed by atoms with E-state index in [2.05, 4.69) is 30.9 Å². The number of nitrogens with zero attached hydrogens (tertiary/aromatic N) is 6. The molecule has 32 heavy (non-hydrogen) atoms. The number of alkyl halides is 2. The Morgan fingerprint density at radius 1 is 1.22 bits per heavy atom. The topological polar surface area (TPSA) is 98.5 Å². The summed E-state index contributed by atoms with van der Waals surface area (Å²) in [5.41, 5.74) is 1.20. The molecule has 0 unspecified atom stereocenters. The number of rotatable bonds is 5. The number of aromatic nitrogens is 6. The lowest BCUT2D eigenvalue weighted by Gasteiger charge is -2.23. The number of hydrogen-bond donors (Lipinski definition) is 1. The predicted molar refractivity (Wildman–Crippen MR) is 117 cm³/mol. The van der Waals surface area contributed by atoms with Crippen LogP contribution in [0.2, 0.25) is 0 Å². The SMILES string of the molecule is Cn1nnc(-c2ccc([C@@H](C(=O)Nc3nnc(C(C)(C)C)s3)[C@H]3CCC(F)(F)C3)cc2)n1. The highest BCUT2D eigenvalue weighted by molar-refractivity contribution is 7.15. The van der Waals surface area contributed by atoms with Gasteiger partial charge in [-0.2, -0.15) is 4.80 Å². The van der Waals surface area contributed by atoms with Gasteiger partial charge in [0, 0.05) is 23.8 Å². The second kappa shape index (κ2) is 8.27. The van der Waals surface area contributed by atoms with Crippen molar-refractivity contribution < 1.29 is 13.6 Å². The zero-order chi connectivity index (χ0) is 23.1. The third kappa shape index (κ3) is 4.82. The van der Waals surface area contributed by atoms with Crippen LogP contribution in [0.4, 0.5) is 13.9 Å². The number of carbonyl (C=O) groups is 1. The minimum absolute atomic E-state index is 0.197. The van der Waals surface area contributed by atoms with E-state index in [1.165, 1.54) is 16.1 Å². The van der Waals surface area contributed by atoms with Gasteiger partial charge in [-0.3, -0.25) is 10.1 Å². The number of halogens is 2. The lowest BCUT2D eigenvalue weighted by molar-refractivity contribution is -0.118. The summed E-state index contributed by atoms with van der Waals surface area (Å²) in [6.07, 6.45) is -0.250. The van der Waals surface area contributed by atoms with Crippen LogP contribution in [-0.4, -0.2) is 42.2 Å². The molecule has 11 heteroatoms. The Hall–Kier alpha value is -2.82. The first kappa shape index (κ1) is 22.4. The van der Waals surface area contributed by atoms with Gasteiger partial charge in [0.25, 0.3) is 0 Å². The summed E-state index contributed by atoms with van der Waals surface area (Å²) in [6.45, 7) is 6.03. The number of aryl methyl sites for hydroxylation is 1. The molecule has 3 aromatic rings. The molecule has 1 amide bonds. The van der Waals surface area contributed by atoms with Gasteiger partial charge in [-0.25, -0.2) is 8.78 Å². The van der Waals surface area contributed by atoms with Crippen LogP contribution in [0.25, 0.3) is 11.4 Å². The van der Waals surface area contributed by atoms with Crippen molar-refractivity contribution in [2.45, 2.75) is 57.3 Å². The number of nitrogens with one attached hydrogen (secondary N) is 1. The highest BCUT2D eigenvalue weighted by atomic mass is 32.1. The minimum Gasteiger partial charge on any atom is -0.300 e. The van der Waals surface area contributed by atoms with Crippen LogP contribution < -0.4 is 5.32 Å². The van der Waals surface area contributed by atoms with Gasteiger partial charge in [-0.05, 0) is 23.1 Å². The Bertz CT molecular complexity index is 1100. The highest BCUT2D eigenvalue weighted by Crippen LogP contribution is 2.46. The molecule has 1 fully saturated rings. The van der Waals surface area contributed by atoms with E-state index in [1.54, 1.807) is 31.3 Å². The number of benzene rings is 1. The van der Waals surface area contributed by atoms with E-state index in [0.717, 1.165) is 10.6 Å². The van der Waals surface area contributed by atoms with Crippen molar-refractivity contribution in [3.63, 3.8) is 0 Å². The zero-order valence-corrected chi connectivity index (χ0v) is 19.2. The van der Waals surface area contributed by atoms with Crippen molar-refractivity contribution in [2.75, 3.05) is 5.32 Å². The van der Waals surface area contributed by atoms with E-state index in [1.807, 2.05) is 20.8 Å². The molecule has 2 aromatic heterocycles. The molecule has 1 aliphatic rings. The molecule has 170 valence electrons. The summed E-state index contributed by atoms with van der Waals surface area (Å²) in [7, 11) is 1.67. The fourth-order valence-corrected chi connectivity index (χ4v) is 4.71. The molecule has 1 aliphatic carbocycles. The number of hydrogen-bond acceptors (Lipinski definition) is 7. The Morgan fingerprint density at radius 2 is 1.94 bits per heavy atom. The van der Waals surface area contributed by atoms with Gasteiger partial charge in [-0.15, -0.1) is 20.4 Å². The molecular weight excluding hydrogens is 436 g/mol. The molecular formula is C21H25F2N7OS. The van der Waals surface area contributed by atoms with Crippen molar-refractivity contribution >= 4 is 22.4 Å². The quantitative estimate of drug-likeness (QED) is 0.612. The van der Waals surface area contributed by atoms with Crippen molar-refractivity contribution in [1.82, 2.24) is 30.4 Å². The average Bonchev–Trinajstić information content (AvgIpc) is 3.43. The molecule has 0 saturated heterocycles. The number of carbonyl (C=O) groups excluding carboxylic acids is 1. The van der Waals surface area contributed by atoms with Crippen LogP contribution >= 0.6 is 11.3 Å². The van der Waals surface area contributed by atoms with E-state index < -0.39 is 17.8 Å². The van der Waals surface area contributed by atoms with Crippen LogP contribution in [0.5, 0.6) is 0 Å². The molecule has 1 saturated carbocycles. The van der Waals surface area contributed by atoms with Gasteiger partial charge in [-0.1, -0.05) is 56.4 Å². The summed E-state index contributed by atoms with van der Waals surface area (Å²) in [6, 6.07) is 7.10. The average molecular weight is 462 g/mol. The number of tetrazole rings is 1. The van der Waals surface area contributed by atoms with Crippen molar-refractivity contribution in [3.05, 3.63) is 34.8 Å². The molecule has 1 N–H and O–H groups in total. The van der Waals surface area contributed by atoms with E-state index in [0.29, 0.717) is 16.5 Å². The third-order valence-corrected chi connectivity index (χ3v) is 6.79. The Balaban J connectivity index is 1.60. The van der Waals surface area contributed by atoms with E-state index in [-0.39, 0.29) is 30.6 Å². The second-order valence-corrected chi connectivity index (χ2v) is 10.2. The van der Waals surface area contributed by atoms with Crippen LogP contribution in [0.15, 0.2) is 24.3 Å². The maximum atomic E-state index is 14.0. The predicted octanol–water partition coefficient (Wildman–Crippen LogP) is 4.18. The fourth-order valence-electron chi connectivity index (χ4n) is 3.91. The molecule has 1 aromatic carbocycles. The summed E-state index contributed by atoms with van der Waals surface area (Å²) in [4.78, 5) is 14.6. The Morgan fingerprint density at radius 3 is 2.47 bits per heavy atom. The van der Waals surface area contributed by atoms with Gasteiger partial charge in [0.2, 0.25) is 22.8 Å². The maximum Gasteiger partial charge on any atom is 0.248 e. The molecule has 0 radical (unpaired) electrons. The van der Waals surface area contributed by atoms with Gasteiger partial charge in [0.05, 0.1) is 13.0 Å². The summed E-state index contributed by atoms with van der Waals surface area (Å²) < 4.78 is 28.0. The third-order valence-electron chi connectivity index (χ3n) is 5.53. The first-order valence-corrected chi connectivity index (χ1v) is 11.2. The Kier molecular flexibility index (Phi) is 5.78. The van der Waals surface area contributed by atoms with Crippen molar-refractivity contribution in [1.29, 1.82) is 0 Å². The zero-order valence-electron chi connectivity index (χ0n) is 18.3. The summed E-state index contributed by atoms with van der Waals surface area (Å²) in [5.74, 6) is -3.85. The van der Waals surface area contributed by atoms with Gasteiger partial charge in [0.1, 0.15) is 5.01 Å². The Labute approximate surface area is 188 Å².